The normalized spacial score (nSPS) is 21.2. The summed E-state index contributed by atoms with van der Waals surface area (Å²) in [7, 11) is 3.07. The van der Waals surface area contributed by atoms with Crippen LogP contribution < -0.4 is 14.4 Å². The maximum atomic E-state index is 14.8. The van der Waals surface area contributed by atoms with E-state index < -0.39 is 29.2 Å². The van der Waals surface area contributed by atoms with Crippen molar-refractivity contribution in [3.05, 3.63) is 131 Å². The van der Waals surface area contributed by atoms with E-state index in [9.17, 15) is 18.8 Å². The summed E-state index contributed by atoms with van der Waals surface area (Å²) in [6.07, 6.45) is 3.52. The van der Waals surface area contributed by atoms with Gasteiger partial charge in [-0.2, -0.15) is 0 Å². The summed E-state index contributed by atoms with van der Waals surface area (Å²) in [6.45, 7) is 0. The Morgan fingerprint density at radius 1 is 0.810 bits per heavy atom. The fraction of sp³-hybridized carbons (Fsp3) is 0.171. The highest BCUT2D eigenvalue weighted by atomic mass is 19.1. The summed E-state index contributed by atoms with van der Waals surface area (Å²) in [5.74, 6) is -1.23. The quantitative estimate of drug-likeness (QED) is 0.216. The van der Waals surface area contributed by atoms with Gasteiger partial charge in [-0.15, -0.1) is 0 Å². The van der Waals surface area contributed by atoms with Crippen LogP contribution in [0.4, 0.5) is 10.1 Å². The van der Waals surface area contributed by atoms with E-state index in [0.29, 0.717) is 45.0 Å². The van der Waals surface area contributed by atoms with E-state index in [1.165, 1.54) is 19.2 Å². The molecule has 7 rings (SSSR count). The van der Waals surface area contributed by atoms with Crippen molar-refractivity contribution in [1.82, 2.24) is 0 Å². The number of rotatable bonds is 5. The molecule has 2 aliphatic heterocycles. The molecule has 3 aliphatic rings. The van der Waals surface area contributed by atoms with E-state index in [4.69, 9.17) is 9.47 Å². The molecular formula is C35H26FNO5. The molecule has 0 aromatic heterocycles. The first kappa shape index (κ1) is 25.9. The van der Waals surface area contributed by atoms with Gasteiger partial charge in [0.2, 0.25) is 0 Å². The van der Waals surface area contributed by atoms with Crippen molar-refractivity contribution >= 4 is 29.1 Å². The molecule has 208 valence electrons. The van der Waals surface area contributed by atoms with Gasteiger partial charge in [-0.05, 0) is 48.0 Å². The molecule has 2 heterocycles. The van der Waals surface area contributed by atoms with Gasteiger partial charge < -0.3 is 14.4 Å². The Bertz CT molecular complexity index is 1790. The van der Waals surface area contributed by atoms with Crippen molar-refractivity contribution in [3.8, 4) is 11.5 Å². The molecule has 3 atom stereocenters. The monoisotopic (exact) mass is 559 g/mol. The molecule has 7 heteroatoms. The highest BCUT2D eigenvalue weighted by Crippen LogP contribution is 2.61. The van der Waals surface area contributed by atoms with Crippen LogP contribution in [0.15, 0.2) is 97.1 Å². The largest absolute Gasteiger partial charge is 0.497 e. The van der Waals surface area contributed by atoms with Crippen molar-refractivity contribution in [2.24, 2.45) is 5.41 Å². The number of carbonyl (C=O) groups is 3. The second-order valence-electron chi connectivity index (χ2n) is 10.8. The lowest BCUT2D eigenvalue weighted by Crippen LogP contribution is -2.48. The van der Waals surface area contributed by atoms with E-state index in [1.807, 2.05) is 11.0 Å². The second kappa shape index (κ2) is 9.52. The van der Waals surface area contributed by atoms with Crippen LogP contribution >= 0.6 is 0 Å². The minimum Gasteiger partial charge on any atom is -0.497 e. The number of benzene rings is 4. The van der Waals surface area contributed by atoms with Crippen LogP contribution in [0.25, 0.3) is 6.08 Å². The number of carbonyl (C=O) groups excluding carboxylic acids is 3. The highest BCUT2D eigenvalue weighted by molar-refractivity contribution is 6.32. The number of hydrogen-bond donors (Lipinski definition) is 0. The average molecular weight is 560 g/mol. The van der Waals surface area contributed by atoms with Crippen molar-refractivity contribution in [3.63, 3.8) is 0 Å². The summed E-state index contributed by atoms with van der Waals surface area (Å²) in [4.78, 5) is 46.0. The molecular weight excluding hydrogens is 533 g/mol. The Morgan fingerprint density at radius 3 is 2.17 bits per heavy atom. The molecule has 0 saturated carbocycles. The van der Waals surface area contributed by atoms with Crippen LogP contribution in [0.5, 0.6) is 11.5 Å². The van der Waals surface area contributed by atoms with E-state index in [-0.39, 0.29) is 17.3 Å². The predicted octanol–water partition coefficient (Wildman–Crippen LogP) is 6.16. The number of fused-ring (bicyclic) bond motifs is 5. The minimum atomic E-state index is -1.65. The zero-order chi connectivity index (χ0) is 29.2. The van der Waals surface area contributed by atoms with E-state index in [2.05, 4.69) is 0 Å². The van der Waals surface area contributed by atoms with Gasteiger partial charge in [-0.1, -0.05) is 60.7 Å². The van der Waals surface area contributed by atoms with Gasteiger partial charge in [0.05, 0.1) is 20.3 Å². The molecule has 3 unspecified atom stereocenters. The molecule has 6 nitrogen and oxygen atoms in total. The molecule has 42 heavy (non-hydrogen) atoms. The van der Waals surface area contributed by atoms with Crippen LogP contribution in [0.2, 0.25) is 0 Å². The second-order valence-corrected chi connectivity index (χ2v) is 10.8. The lowest BCUT2D eigenvalue weighted by Gasteiger charge is -2.37. The van der Waals surface area contributed by atoms with Crippen LogP contribution in [0.3, 0.4) is 0 Å². The third-order valence-electron chi connectivity index (χ3n) is 8.84. The Morgan fingerprint density at radius 2 is 1.48 bits per heavy atom. The summed E-state index contributed by atoms with van der Waals surface area (Å²) in [5, 5.41) is 0. The van der Waals surface area contributed by atoms with E-state index >= 15 is 0 Å². The standard InChI is InChI=1S/C35H26FNO5/c1-41-24-9-5-7-21(18-24)30-31(32(38)22-8-6-10-25(19-22)42-2)37-28-15-14-23(36)17-20(28)13-16-29(37)35(30)33(39)26-11-3-4-12-27(26)34(35)40/h3-19,29-31H,1-2H3. The SMILES string of the molecule is COc1cccc(C(=O)C2C(c3cccc(OC)c3)C3(C(=O)c4ccccc4C3=O)C3C=Cc4cc(F)ccc4N23)c1. The molecule has 4 aromatic rings. The van der Waals surface area contributed by atoms with Crippen LogP contribution in [0.1, 0.15) is 48.1 Å². The third kappa shape index (κ3) is 3.46. The van der Waals surface area contributed by atoms with Crippen LogP contribution in [-0.4, -0.2) is 43.7 Å². The number of ether oxygens (including phenoxy) is 2. The number of halogens is 1. The third-order valence-corrected chi connectivity index (χ3v) is 8.84. The average Bonchev–Trinajstić information content (AvgIpc) is 3.46. The molecule has 1 spiro atoms. The molecule has 4 aromatic carbocycles. The van der Waals surface area contributed by atoms with E-state index in [1.54, 1.807) is 92.1 Å². The van der Waals surface area contributed by atoms with E-state index in [0.717, 1.165) is 0 Å². The highest BCUT2D eigenvalue weighted by Gasteiger charge is 2.71. The fourth-order valence-electron chi connectivity index (χ4n) is 7.10. The maximum absolute atomic E-state index is 14.8. The van der Waals surface area contributed by atoms with Gasteiger partial charge in [0.1, 0.15) is 28.8 Å². The maximum Gasteiger partial charge on any atom is 0.186 e. The summed E-state index contributed by atoms with van der Waals surface area (Å²) in [6, 6.07) is 23.4. The Balaban J connectivity index is 1.55. The van der Waals surface area contributed by atoms with Crippen molar-refractivity contribution in [2.75, 3.05) is 19.1 Å². The van der Waals surface area contributed by atoms with Crippen molar-refractivity contribution in [1.29, 1.82) is 0 Å². The first-order chi connectivity index (χ1) is 20.4. The summed E-state index contributed by atoms with van der Waals surface area (Å²) < 4.78 is 25.4. The summed E-state index contributed by atoms with van der Waals surface area (Å²) >= 11 is 0. The Kier molecular flexibility index (Phi) is 5.87. The number of anilines is 1. The first-order valence-electron chi connectivity index (χ1n) is 13.7. The lowest BCUT2D eigenvalue weighted by atomic mass is 9.64. The number of hydrogen-bond acceptors (Lipinski definition) is 6. The summed E-state index contributed by atoms with van der Waals surface area (Å²) in [5.41, 5.74) is 1.15. The smallest absolute Gasteiger partial charge is 0.186 e. The molecule has 0 bridgehead atoms. The van der Waals surface area contributed by atoms with Gasteiger partial charge in [0.15, 0.2) is 17.3 Å². The lowest BCUT2D eigenvalue weighted by molar-refractivity contribution is 0.0665. The molecule has 0 N–H and O–H groups in total. The minimum absolute atomic E-state index is 0.286. The number of ketones is 3. The van der Waals surface area contributed by atoms with Crippen molar-refractivity contribution in [2.45, 2.75) is 18.0 Å². The fourth-order valence-corrected chi connectivity index (χ4v) is 7.10. The van der Waals surface area contributed by atoms with Gasteiger partial charge in [-0.25, -0.2) is 4.39 Å². The zero-order valence-corrected chi connectivity index (χ0v) is 22.9. The van der Waals surface area contributed by atoms with Crippen LogP contribution in [0, 0.1) is 11.2 Å². The van der Waals surface area contributed by atoms with Crippen LogP contribution in [-0.2, 0) is 0 Å². The zero-order valence-electron chi connectivity index (χ0n) is 22.9. The Labute approximate surface area is 242 Å². The number of Topliss-reactive ketones (excluding diaryl/α,β-unsaturated/α-hetero) is 3. The van der Waals surface area contributed by atoms with Crippen molar-refractivity contribution < 1.29 is 28.2 Å². The molecule has 0 radical (unpaired) electrons. The molecule has 0 amide bonds. The van der Waals surface area contributed by atoms with Gasteiger partial charge in [0.25, 0.3) is 0 Å². The van der Waals surface area contributed by atoms with Gasteiger partial charge in [0, 0.05) is 33.9 Å². The van der Waals surface area contributed by atoms with Gasteiger partial charge in [-0.3, -0.25) is 14.4 Å². The molecule has 1 saturated heterocycles. The first-order valence-corrected chi connectivity index (χ1v) is 13.7. The predicted molar refractivity (Wildman–Crippen MR) is 156 cm³/mol. The molecule has 1 fully saturated rings. The molecule has 1 aliphatic carbocycles. The Hall–Kier alpha value is -5.04. The number of nitrogens with zero attached hydrogens (tertiary/aromatic N) is 1. The van der Waals surface area contributed by atoms with Gasteiger partial charge >= 0.3 is 0 Å². The number of methoxy groups -OCH3 is 2. The topological polar surface area (TPSA) is 72.9 Å².